The fourth-order valence-corrected chi connectivity index (χ4v) is 2.34. The van der Waals surface area contributed by atoms with Gasteiger partial charge in [0.15, 0.2) is 0 Å². The van der Waals surface area contributed by atoms with Crippen molar-refractivity contribution in [3.05, 3.63) is 51.6 Å². The Morgan fingerprint density at radius 3 is 2.95 bits per heavy atom. The van der Waals surface area contributed by atoms with Crippen molar-refractivity contribution in [2.24, 2.45) is 0 Å². The average molecular weight is 293 g/mol. The number of nitro benzene ring substituents is 1. The molecule has 1 N–H and O–H groups in total. The van der Waals surface area contributed by atoms with Crippen LogP contribution in [0, 0.1) is 10.1 Å². The SMILES string of the molecule is O=[N+]([O-])c1ccc(NCc2cncn2C2CC2)c(Cl)c1. The molecule has 1 aliphatic carbocycles. The summed E-state index contributed by atoms with van der Waals surface area (Å²) in [7, 11) is 0. The van der Waals surface area contributed by atoms with Crippen molar-refractivity contribution in [1.82, 2.24) is 9.55 Å². The zero-order valence-electron chi connectivity index (χ0n) is 10.6. The summed E-state index contributed by atoms with van der Waals surface area (Å²) in [5, 5.41) is 14.2. The van der Waals surface area contributed by atoms with Gasteiger partial charge < -0.3 is 9.88 Å². The zero-order valence-corrected chi connectivity index (χ0v) is 11.4. The third kappa shape index (κ3) is 2.60. The summed E-state index contributed by atoms with van der Waals surface area (Å²) in [6, 6.07) is 4.98. The highest BCUT2D eigenvalue weighted by molar-refractivity contribution is 6.33. The summed E-state index contributed by atoms with van der Waals surface area (Å²) >= 11 is 6.04. The molecule has 0 aliphatic heterocycles. The molecule has 1 aromatic heterocycles. The number of halogens is 1. The molecule has 104 valence electrons. The van der Waals surface area contributed by atoms with E-state index in [2.05, 4.69) is 14.9 Å². The Labute approximate surface area is 120 Å². The normalized spacial score (nSPS) is 14.2. The van der Waals surface area contributed by atoms with Gasteiger partial charge in [-0.05, 0) is 18.9 Å². The molecule has 1 saturated carbocycles. The first-order chi connectivity index (χ1) is 9.65. The summed E-state index contributed by atoms with van der Waals surface area (Å²) in [5.74, 6) is 0. The summed E-state index contributed by atoms with van der Waals surface area (Å²) in [5.41, 5.74) is 1.76. The highest BCUT2D eigenvalue weighted by Gasteiger charge is 2.25. The maximum absolute atomic E-state index is 10.7. The Morgan fingerprint density at radius 2 is 2.30 bits per heavy atom. The Bertz CT molecular complexity index is 652. The van der Waals surface area contributed by atoms with Crippen LogP contribution in [0.4, 0.5) is 11.4 Å². The van der Waals surface area contributed by atoms with Gasteiger partial charge in [0.2, 0.25) is 0 Å². The monoisotopic (exact) mass is 292 g/mol. The largest absolute Gasteiger partial charge is 0.378 e. The molecule has 0 bridgehead atoms. The van der Waals surface area contributed by atoms with E-state index in [1.807, 2.05) is 12.5 Å². The van der Waals surface area contributed by atoms with Crippen molar-refractivity contribution in [1.29, 1.82) is 0 Å². The minimum absolute atomic E-state index is 0.0106. The van der Waals surface area contributed by atoms with Gasteiger partial charge in [0.1, 0.15) is 0 Å². The van der Waals surface area contributed by atoms with E-state index in [9.17, 15) is 10.1 Å². The van der Waals surface area contributed by atoms with E-state index in [-0.39, 0.29) is 5.69 Å². The molecule has 2 aromatic rings. The second-order valence-corrected chi connectivity index (χ2v) is 5.21. The summed E-state index contributed by atoms with van der Waals surface area (Å²) in [6.07, 6.45) is 6.06. The van der Waals surface area contributed by atoms with Crippen molar-refractivity contribution < 1.29 is 4.92 Å². The van der Waals surface area contributed by atoms with Crippen LogP contribution in [-0.2, 0) is 6.54 Å². The van der Waals surface area contributed by atoms with Gasteiger partial charge in [-0.3, -0.25) is 10.1 Å². The standard InChI is InChI=1S/C13H13ClN4O2/c14-12-5-10(18(19)20)3-4-13(12)16-7-11-6-15-8-17(11)9-1-2-9/h3-6,8-9,16H,1-2,7H2. The number of hydrogen-bond donors (Lipinski definition) is 1. The minimum Gasteiger partial charge on any atom is -0.378 e. The van der Waals surface area contributed by atoms with E-state index in [1.54, 1.807) is 6.07 Å². The predicted molar refractivity (Wildman–Crippen MR) is 75.9 cm³/mol. The smallest absolute Gasteiger partial charge is 0.271 e. The number of nitrogens with zero attached hydrogens (tertiary/aromatic N) is 3. The third-order valence-electron chi connectivity index (χ3n) is 3.31. The summed E-state index contributed by atoms with van der Waals surface area (Å²) in [6.45, 7) is 0.591. The van der Waals surface area contributed by atoms with Crippen LogP contribution in [0.5, 0.6) is 0 Å². The molecule has 3 rings (SSSR count). The molecule has 0 amide bonds. The first-order valence-corrected chi connectivity index (χ1v) is 6.71. The van der Waals surface area contributed by atoms with E-state index < -0.39 is 4.92 Å². The lowest BCUT2D eigenvalue weighted by Gasteiger charge is -2.10. The number of nitro groups is 1. The molecule has 0 atom stereocenters. The second kappa shape index (κ2) is 5.13. The first-order valence-electron chi connectivity index (χ1n) is 6.33. The van der Waals surface area contributed by atoms with Crippen LogP contribution in [0.15, 0.2) is 30.7 Å². The third-order valence-corrected chi connectivity index (χ3v) is 3.62. The average Bonchev–Trinajstić information content (AvgIpc) is 3.16. The summed E-state index contributed by atoms with van der Waals surface area (Å²) in [4.78, 5) is 14.3. The minimum atomic E-state index is -0.460. The van der Waals surface area contributed by atoms with E-state index in [0.29, 0.717) is 23.3 Å². The van der Waals surface area contributed by atoms with E-state index >= 15 is 0 Å². The molecule has 1 fully saturated rings. The molecular weight excluding hydrogens is 280 g/mol. The Hall–Kier alpha value is -2.08. The molecule has 7 heteroatoms. The number of benzene rings is 1. The van der Waals surface area contributed by atoms with Gasteiger partial charge in [-0.15, -0.1) is 0 Å². The van der Waals surface area contributed by atoms with Gasteiger partial charge in [-0.2, -0.15) is 0 Å². The van der Waals surface area contributed by atoms with Crippen molar-refractivity contribution in [3.8, 4) is 0 Å². The number of aromatic nitrogens is 2. The highest BCUT2D eigenvalue weighted by atomic mass is 35.5. The molecular formula is C13H13ClN4O2. The lowest BCUT2D eigenvalue weighted by molar-refractivity contribution is -0.384. The van der Waals surface area contributed by atoms with Crippen molar-refractivity contribution in [2.75, 3.05) is 5.32 Å². The lowest BCUT2D eigenvalue weighted by Crippen LogP contribution is -2.06. The maximum Gasteiger partial charge on any atom is 0.271 e. The molecule has 6 nitrogen and oxygen atoms in total. The number of anilines is 1. The van der Waals surface area contributed by atoms with Gasteiger partial charge in [-0.25, -0.2) is 4.98 Å². The fraction of sp³-hybridized carbons (Fsp3) is 0.308. The zero-order chi connectivity index (χ0) is 14.1. The molecule has 0 radical (unpaired) electrons. The van der Waals surface area contributed by atoms with Gasteiger partial charge in [0.05, 0.1) is 34.2 Å². The van der Waals surface area contributed by atoms with Crippen molar-refractivity contribution in [2.45, 2.75) is 25.4 Å². The van der Waals surface area contributed by atoms with Crippen molar-refractivity contribution >= 4 is 23.0 Å². The maximum atomic E-state index is 10.7. The molecule has 20 heavy (non-hydrogen) atoms. The number of rotatable bonds is 5. The van der Waals surface area contributed by atoms with Gasteiger partial charge >= 0.3 is 0 Å². The van der Waals surface area contributed by atoms with Gasteiger partial charge in [-0.1, -0.05) is 11.6 Å². The van der Waals surface area contributed by atoms with Crippen LogP contribution in [-0.4, -0.2) is 14.5 Å². The van der Waals surface area contributed by atoms with E-state index in [0.717, 1.165) is 5.69 Å². The van der Waals surface area contributed by atoms with Crippen LogP contribution in [0.1, 0.15) is 24.6 Å². The summed E-state index contributed by atoms with van der Waals surface area (Å²) < 4.78 is 2.16. The fourth-order valence-electron chi connectivity index (χ4n) is 2.10. The highest BCUT2D eigenvalue weighted by Crippen LogP contribution is 2.36. The molecule has 0 spiro atoms. The van der Waals surface area contributed by atoms with E-state index in [1.165, 1.54) is 25.0 Å². The number of non-ortho nitro benzene ring substituents is 1. The van der Waals surface area contributed by atoms with Crippen LogP contribution < -0.4 is 5.32 Å². The number of hydrogen-bond acceptors (Lipinski definition) is 4. The number of imidazole rings is 1. The van der Waals surface area contributed by atoms with Gasteiger partial charge in [0.25, 0.3) is 5.69 Å². The quantitative estimate of drug-likeness (QED) is 0.677. The van der Waals surface area contributed by atoms with Crippen LogP contribution in [0.3, 0.4) is 0 Å². The Balaban J connectivity index is 1.71. The Morgan fingerprint density at radius 1 is 1.50 bits per heavy atom. The lowest BCUT2D eigenvalue weighted by atomic mass is 10.2. The molecule has 0 saturated heterocycles. The molecule has 1 aliphatic rings. The predicted octanol–water partition coefficient (Wildman–Crippen LogP) is 3.39. The van der Waals surface area contributed by atoms with Crippen LogP contribution in [0.25, 0.3) is 0 Å². The van der Waals surface area contributed by atoms with Crippen molar-refractivity contribution in [3.63, 3.8) is 0 Å². The van der Waals surface area contributed by atoms with Gasteiger partial charge in [0, 0.05) is 24.4 Å². The number of nitrogens with one attached hydrogen (secondary N) is 1. The molecule has 1 aromatic carbocycles. The Kier molecular flexibility index (Phi) is 3.31. The first kappa shape index (κ1) is 12.9. The van der Waals surface area contributed by atoms with Crippen LogP contribution >= 0.6 is 11.6 Å². The van der Waals surface area contributed by atoms with Crippen LogP contribution in [0.2, 0.25) is 5.02 Å². The van der Waals surface area contributed by atoms with E-state index in [4.69, 9.17) is 11.6 Å². The molecule has 0 unspecified atom stereocenters. The molecule has 1 heterocycles. The second-order valence-electron chi connectivity index (χ2n) is 4.80. The topological polar surface area (TPSA) is 73.0 Å².